The summed E-state index contributed by atoms with van der Waals surface area (Å²) in [5.74, 6) is 0.980. The van der Waals surface area contributed by atoms with E-state index in [-0.39, 0.29) is 0 Å². The smallest absolute Gasteiger partial charge is 0.0219 e. The summed E-state index contributed by atoms with van der Waals surface area (Å²) in [7, 11) is 0. The van der Waals surface area contributed by atoms with Crippen LogP contribution in [0.2, 0.25) is 0 Å². The molecular formula is C13H26N2. The van der Waals surface area contributed by atoms with Gasteiger partial charge in [-0.1, -0.05) is 12.8 Å². The van der Waals surface area contributed by atoms with Crippen LogP contribution in [0.25, 0.3) is 0 Å². The van der Waals surface area contributed by atoms with Crippen LogP contribution in [0.15, 0.2) is 0 Å². The Balaban J connectivity index is 1.97. The number of hydrogen-bond acceptors (Lipinski definition) is 2. The minimum atomic E-state index is 0.312. The lowest BCUT2D eigenvalue weighted by Crippen LogP contribution is -2.48. The van der Waals surface area contributed by atoms with Crippen LogP contribution in [-0.2, 0) is 0 Å². The van der Waals surface area contributed by atoms with E-state index in [9.17, 15) is 0 Å². The van der Waals surface area contributed by atoms with E-state index in [4.69, 9.17) is 5.73 Å². The monoisotopic (exact) mass is 210 g/mol. The predicted octanol–water partition coefficient (Wildman–Crippen LogP) is 2.38. The van der Waals surface area contributed by atoms with Crippen molar-refractivity contribution in [3.8, 4) is 0 Å². The average molecular weight is 210 g/mol. The molecule has 2 N–H and O–H groups in total. The fourth-order valence-electron chi connectivity index (χ4n) is 3.47. The Morgan fingerprint density at radius 1 is 1.07 bits per heavy atom. The van der Waals surface area contributed by atoms with Crippen LogP contribution in [0.1, 0.15) is 52.4 Å². The number of rotatable bonds is 3. The molecule has 2 fully saturated rings. The van der Waals surface area contributed by atoms with Crippen LogP contribution in [0.3, 0.4) is 0 Å². The van der Waals surface area contributed by atoms with Gasteiger partial charge >= 0.3 is 0 Å². The Labute approximate surface area is 94.2 Å². The summed E-state index contributed by atoms with van der Waals surface area (Å²) in [6.45, 7) is 5.73. The highest BCUT2D eigenvalue weighted by Crippen LogP contribution is 2.36. The van der Waals surface area contributed by atoms with E-state index in [1.165, 1.54) is 45.1 Å². The second-order valence-corrected chi connectivity index (χ2v) is 5.59. The van der Waals surface area contributed by atoms with Gasteiger partial charge in [-0.15, -0.1) is 0 Å². The van der Waals surface area contributed by atoms with Crippen molar-refractivity contribution in [2.45, 2.75) is 70.5 Å². The lowest BCUT2D eigenvalue weighted by molar-refractivity contribution is 0.130. The standard InChI is InChI=1S/C13H26N2/c1-10(14)11(2)15-9-5-8-13(15)12-6-3-4-7-12/h10-13H,3-9,14H2,1-2H3. The minimum Gasteiger partial charge on any atom is -0.327 e. The summed E-state index contributed by atoms with van der Waals surface area (Å²) in [4.78, 5) is 2.70. The maximum atomic E-state index is 6.03. The molecule has 2 nitrogen and oxygen atoms in total. The molecule has 1 aliphatic carbocycles. The highest BCUT2D eigenvalue weighted by molar-refractivity contribution is 4.91. The van der Waals surface area contributed by atoms with E-state index < -0.39 is 0 Å². The molecule has 1 saturated carbocycles. The molecule has 2 heteroatoms. The SMILES string of the molecule is CC(N)C(C)N1CCCC1C1CCCC1. The lowest BCUT2D eigenvalue weighted by Gasteiger charge is -2.36. The Morgan fingerprint density at radius 3 is 2.33 bits per heavy atom. The second kappa shape index (κ2) is 4.84. The summed E-state index contributed by atoms with van der Waals surface area (Å²) >= 11 is 0. The first kappa shape index (κ1) is 11.4. The fraction of sp³-hybridized carbons (Fsp3) is 1.00. The predicted molar refractivity (Wildman–Crippen MR) is 64.8 cm³/mol. The molecule has 0 spiro atoms. The lowest BCUT2D eigenvalue weighted by atomic mass is 9.94. The molecular weight excluding hydrogens is 184 g/mol. The van der Waals surface area contributed by atoms with Crippen molar-refractivity contribution >= 4 is 0 Å². The molecule has 3 atom stereocenters. The molecule has 2 aliphatic rings. The third-order valence-electron chi connectivity index (χ3n) is 4.57. The molecule has 0 aromatic rings. The molecule has 0 amide bonds. The average Bonchev–Trinajstić information content (AvgIpc) is 2.86. The molecule has 0 radical (unpaired) electrons. The first-order chi connectivity index (χ1) is 7.20. The van der Waals surface area contributed by atoms with Crippen molar-refractivity contribution in [1.29, 1.82) is 0 Å². The van der Waals surface area contributed by atoms with E-state index in [2.05, 4.69) is 18.7 Å². The molecule has 2 rings (SSSR count). The minimum absolute atomic E-state index is 0.312. The Morgan fingerprint density at radius 2 is 1.73 bits per heavy atom. The van der Waals surface area contributed by atoms with Crippen molar-refractivity contribution in [2.75, 3.05) is 6.54 Å². The van der Waals surface area contributed by atoms with Crippen molar-refractivity contribution in [1.82, 2.24) is 4.90 Å². The zero-order valence-electron chi connectivity index (χ0n) is 10.3. The Kier molecular flexibility index (Phi) is 3.68. The zero-order chi connectivity index (χ0) is 10.8. The van der Waals surface area contributed by atoms with Gasteiger partial charge in [0.2, 0.25) is 0 Å². The number of likely N-dealkylation sites (tertiary alicyclic amines) is 1. The van der Waals surface area contributed by atoms with E-state index >= 15 is 0 Å². The van der Waals surface area contributed by atoms with Gasteiger partial charge in [-0.2, -0.15) is 0 Å². The third-order valence-corrected chi connectivity index (χ3v) is 4.57. The maximum Gasteiger partial charge on any atom is 0.0219 e. The van der Waals surface area contributed by atoms with Crippen LogP contribution >= 0.6 is 0 Å². The quantitative estimate of drug-likeness (QED) is 0.775. The molecule has 3 unspecified atom stereocenters. The van der Waals surface area contributed by atoms with E-state index in [0.29, 0.717) is 12.1 Å². The number of nitrogens with zero attached hydrogens (tertiary/aromatic N) is 1. The number of nitrogens with two attached hydrogens (primary N) is 1. The first-order valence-corrected chi connectivity index (χ1v) is 6.71. The first-order valence-electron chi connectivity index (χ1n) is 6.71. The van der Waals surface area contributed by atoms with Gasteiger partial charge in [0.1, 0.15) is 0 Å². The highest BCUT2D eigenvalue weighted by Gasteiger charge is 2.36. The van der Waals surface area contributed by atoms with Gasteiger partial charge in [-0.3, -0.25) is 4.90 Å². The summed E-state index contributed by atoms with van der Waals surface area (Å²) in [6, 6.07) is 1.73. The number of hydrogen-bond donors (Lipinski definition) is 1. The maximum absolute atomic E-state index is 6.03. The van der Waals surface area contributed by atoms with Gasteiger partial charge in [0.25, 0.3) is 0 Å². The topological polar surface area (TPSA) is 29.3 Å². The summed E-state index contributed by atoms with van der Waals surface area (Å²) in [5.41, 5.74) is 6.03. The van der Waals surface area contributed by atoms with Crippen LogP contribution in [0, 0.1) is 5.92 Å². The Bertz CT molecular complexity index is 189. The van der Waals surface area contributed by atoms with Gasteiger partial charge in [-0.25, -0.2) is 0 Å². The van der Waals surface area contributed by atoms with Crippen molar-refractivity contribution < 1.29 is 0 Å². The molecule has 0 aromatic heterocycles. The third kappa shape index (κ3) is 2.36. The summed E-state index contributed by atoms with van der Waals surface area (Å²) < 4.78 is 0. The van der Waals surface area contributed by atoms with E-state index in [1.807, 2.05) is 0 Å². The zero-order valence-corrected chi connectivity index (χ0v) is 10.3. The van der Waals surface area contributed by atoms with Crippen molar-refractivity contribution in [2.24, 2.45) is 11.7 Å². The summed E-state index contributed by atoms with van der Waals surface area (Å²) in [6.07, 6.45) is 8.66. The van der Waals surface area contributed by atoms with E-state index in [0.717, 1.165) is 12.0 Å². The van der Waals surface area contributed by atoms with Crippen molar-refractivity contribution in [3.63, 3.8) is 0 Å². The molecule has 0 bridgehead atoms. The van der Waals surface area contributed by atoms with Crippen LogP contribution in [0.5, 0.6) is 0 Å². The normalized spacial score (nSPS) is 33.4. The Hall–Kier alpha value is -0.0800. The fourth-order valence-corrected chi connectivity index (χ4v) is 3.47. The molecule has 0 aromatic carbocycles. The van der Waals surface area contributed by atoms with Crippen LogP contribution in [-0.4, -0.2) is 29.6 Å². The second-order valence-electron chi connectivity index (χ2n) is 5.59. The van der Waals surface area contributed by atoms with Gasteiger partial charge in [0, 0.05) is 18.1 Å². The largest absolute Gasteiger partial charge is 0.327 e. The van der Waals surface area contributed by atoms with Gasteiger partial charge in [0.05, 0.1) is 0 Å². The molecule has 15 heavy (non-hydrogen) atoms. The molecule has 1 heterocycles. The molecule has 88 valence electrons. The van der Waals surface area contributed by atoms with Crippen molar-refractivity contribution in [3.05, 3.63) is 0 Å². The van der Waals surface area contributed by atoms with Crippen LogP contribution < -0.4 is 5.73 Å². The molecule has 1 saturated heterocycles. The van der Waals surface area contributed by atoms with Gasteiger partial charge in [0.15, 0.2) is 0 Å². The van der Waals surface area contributed by atoms with E-state index in [1.54, 1.807) is 0 Å². The highest BCUT2D eigenvalue weighted by atomic mass is 15.2. The summed E-state index contributed by atoms with van der Waals surface area (Å²) in [5, 5.41) is 0. The molecule has 1 aliphatic heterocycles. The van der Waals surface area contributed by atoms with Gasteiger partial charge < -0.3 is 5.73 Å². The van der Waals surface area contributed by atoms with Gasteiger partial charge in [-0.05, 0) is 52.0 Å². The van der Waals surface area contributed by atoms with Crippen LogP contribution in [0.4, 0.5) is 0 Å².